The Kier molecular flexibility index (Phi) is 3.68. The first kappa shape index (κ1) is 15.4. The fourth-order valence-corrected chi connectivity index (χ4v) is 3.41. The van der Waals surface area contributed by atoms with Crippen LogP contribution in [0.2, 0.25) is 0 Å². The largest absolute Gasteiger partial charge is 0.359 e. The number of benzene rings is 1. The number of nitrogens with zero attached hydrogens (tertiary/aromatic N) is 2. The molecule has 1 amide bonds. The molecule has 1 aromatic heterocycles. The fourth-order valence-electron chi connectivity index (χ4n) is 3.41. The van der Waals surface area contributed by atoms with E-state index in [4.69, 9.17) is 9.26 Å². The Morgan fingerprint density at radius 3 is 2.75 bits per heavy atom. The minimum absolute atomic E-state index is 0.0251. The van der Waals surface area contributed by atoms with E-state index < -0.39 is 5.60 Å². The van der Waals surface area contributed by atoms with Gasteiger partial charge in [-0.1, -0.05) is 48.3 Å². The van der Waals surface area contributed by atoms with Crippen molar-refractivity contribution in [2.24, 2.45) is 5.92 Å². The molecule has 0 bridgehead atoms. The third-order valence-electron chi connectivity index (χ3n) is 5.12. The number of fused-ring (bicyclic) bond motifs is 1. The summed E-state index contributed by atoms with van der Waals surface area (Å²) < 4.78 is 11.5. The van der Waals surface area contributed by atoms with Gasteiger partial charge in [-0.15, -0.1) is 0 Å². The molecule has 1 aromatic carbocycles. The Hall–Kier alpha value is -2.14. The van der Waals surface area contributed by atoms with E-state index in [9.17, 15) is 4.79 Å². The standard InChI is InChI=1S/C19H22N2O3/c1-13-17-18(20-24-13)19(2,15-6-4-3-5-7-15)23-12-16(22)21(17)11-10-14-8-9-14/h3-7,14H,8-12H2,1-2H3. The number of hydrogen-bond donors (Lipinski definition) is 0. The van der Waals surface area contributed by atoms with E-state index in [2.05, 4.69) is 5.16 Å². The Balaban J connectivity index is 1.78. The number of carbonyl (C=O) groups excluding carboxylic acids is 1. The summed E-state index contributed by atoms with van der Waals surface area (Å²) in [5.41, 5.74) is 1.65. The highest BCUT2D eigenvalue weighted by molar-refractivity contribution is 5.96. The highest BCUT2D eigenvalue weighted by Crippen LogP contribution is 2.42. The van der Waals surface area contributed by atoms with Crippen molar-refractivity contribution < 1.29 is 14.1 Å². The molecule has 126 valence electrons. The van der Waals surface area contributed by atoms with Crippen molar-refractivity contribution in [2.75, 3.05) is 18.1 Å². The molecule has 2 aliphatic rings. The SMILES string of the molecule is Cc1onc2c1N(CCC1CC1)C(=O)COC2(C)c1ccccc1. The third kappa shape index (κ3) is 2.53. The first-order valence-corrected chi connectivity index (χ1v) is 8.56. The van der Waals surface area contributed by atoms with E-state index in [1.54, 1.807) is 0 Å². The summed E-state index contributed by atoms with van der Waals surface area (Å²) in [6.07, 6.45) is 3.57. The minimum Gasteiger partial charge on any atom is -0.359 e. The van der Waals surface area contributed by atoms with Crippen LogP contribution >= 0.6 is 0 Å². The van der Waals surface area contributed by atoms with Crippen LogP contribution in [0.15, 0.2) is 34.9 Å². The summed E-state index contributed by atoms with van der Waals surface area (Å²) >= 11 is 0. The quantitative estimate of drug-likeness (QED) is 0.864. The van der Waals surface area contributed by atoms with Crippen LogP contribution in [-0.4, -0.2) is 24.2 Å². The van der Waals surface area contributed by atoms with Crippen LogP contribution in [0.1, 0.15) is 43.2 Å². The molecule has 1 saturated carbocycles. The lowest BCUT2D eigenvalue weighted by Gasteiger charge is -2.27. The van der Waals surface area contributed by atoms with E-state index in [-0.39, 0.29) is 12.5 Å². The molecular formula is C19H22N2O3. The summed E-state index contributed by atoms with van der Waals surface area (Å²) in [6.45, 7) is 4.57. The molecule has 0 spiro atoms. The number of rotatable bonds is 4. The zero-order valence-electron chi connectivity index (χ0n) is 14.1. The molecule has 1 atom stereocenters. The van der Waals surface area contributed by atoms with E-state index in [0.29, 0.717) is 18.0 Å². The van der Waals surface area contributed by atoms with Crippen molar-refractivity contribution in [3.05, 3.63) is 47.3 Å². The van der Waals surface area contributed by atoms with Crippen molar-refractivity contribution >= 4 is 11.6 Å². The Bertz CT molecular complexity index is 751. The zero-order valence-corrected chi connectivity index (χ0v) is 14.1. The van der Waals surface area contributed by atoms with Crippen molar-refractivity contribution in [1.82, 2.24) is 5.16 Å². The second kappa shape index (κ2) is 5.74. The molecule has 2 heterocycles. The van der Waals surface area contributed by atoms with Gasteiger partial charge in [0.2, 0.25) is 0 Å². The van der Waals surface area contributed by atoms with Crippen molar-refractivity contribution in [2.45, 2.75) is 38.7 Å². The number of amides is 1. The van der Waals surface area contributed by atoms with Gasteiger partial charge in [0.15, 0.2) is 5.76 Å². The van der Waals surface area contributed by atoms with Crippen molar-refractivity contribution in [3.63, 3.8) is 0 Å². The van der Waals surface area contributed by atoms with E-state index >= 15 is 0 Å². The maximum Gasteiger partial charge on any atom is 0.253 e. The van der Waals surface area contributed by atoms with E-state index in [1.807, 2.05) is 49.1 Å². The molecule has 24 heavy (non-hydrogen) atoms. The molecule has 2 aromatic rings. The average molecular weight is 326 g/mol. The topological polar surface area (TPSA) is 55.6 Å². The molecular weight excluding hydrogens is 304 g/mol. The third-order valence-corrected chi connectivity index (χ3v) is 5.12. The van der Waals surface area contributed by atoms with E-state index in [0.717, 1.165) is 23.6 Å². The van der Waals surface area contributed by atoms with Gasteiger partial charge in [-0.25, -0.2) is 0 Å². The first-order valence-electron chi connectivity index (χ1n) is 8.56. The van der Waals surface area contributed by atoms with Gasteiger partial charge in [0.1, 0.15) is 23.6 Å². The molecule has 5 nitrogen and oxygen atoms in total. The van der Waals surface area contributed by atoms with Gasteiger partial charge in [-0.05, 0) is 31.7 Å². The normalized spacial score (nSPS) is 23.9. The lowest BCUT2D eigenvalue weighted by molar-refractivity contribution is -0.127. The van der Waals surface area contributed by atoms with Crippen molar-refractivity contribution in [1.29, 1.82) is 0 Å². The monoisotopic (exact) mass is 326 g/mol. The number of hydrogen-bond acceptors (Lipinski definition) is 4. The first-order chi connectivity index (χ1) is 11.6. The zero-order chi connectivity index (χ0) is 16.7. The van der Waals surface area contributed by atoms with Crippen LogP contribution in [-0.2, 0) is 15.1 Å². The molecule has 1 fully saturated rings. The number of ether oxygens (including phenoxy) is 1. The molecule has 1 unspecified atom stereocenters. The predicted octanol–water partition coefficient (Wildman–Crippen LogP) is 3.41. The van der Waals surface area contributed by atoms with Crippen LogP contribution in [0.25, 0.3) is 0 Å². The van der Waals surface area contributed by atoms with E-state index in [1.165, 1.54) is 12.8 Å². The van der Waals surface area contributed by atoms with Gasteiger partial charge in [0, 0.05) is 6.54 Å². The molecule has 1 aliphatic heterocycles. The maximum absolute atomic E-state index is 12.7. The molecule has 5 heteroatoms. The Morgan fingerprint density at radius 1 is 1.29 bits per heavy atom. The van der Waals surface area contributed by atoms with Gasteiger partial charge >= 0.3 is 0 Å². The van der Waals surface area contributed by atoms with Crippen LogP contribution in [0.3, 0.4) is 0 Å². The minimum atomic E-state index is -0.793. The lowest BCUT2D eigenvalue weighted by Crippen LogP contribution is -2.34. The number of anilines is 1. The smallest absolute Gasteiger partial charge is 0.253 e. The molecule has 1 aliphatic carbocycles. The summed E-state index contributed by atoms with van der Waals surface area (Å²) in [4.78, 5) is 14.5. The van der Waals surface area contributed by atoms with Crippen LogP contribution in [0.4, 0.5) is 5.69 Å². The second-order valence-corrected chi connectivity index (χ2v) is 6.90. The molecule has 0 N–H and O–H groups in total. The van der Waals surface area contributed by atoms with Gasteiger partial charge in [0.05, 0.1) is 0 Å². The number of aromatic nitrogens is 1. The van der Waals surface area contributed by atoms with Gasteiger partial charge in [0.25, 0.3) is 5.91 Å². The summed E-state index contributed by atoms with van der Waals surface area (Å²) in [7, 11) is 0. The Morgan fingerprint density at radius 2 is 2.04 bits per heavy atom. The van der Waals surface area contributed by atoms with Crippen molar-refractivity contribution in [3.8, 4) is 0 Å². The Labute approximate surface area is 141 Å². The maximum atomic E-state index is 12.7. The summed E-state index contributed by atoms with van der Waals surface area (Å²) in [5.74, 6) is 1.40. The summed E-state index contributed by atoms with van der Waals surface area (Å²) in [5, 5.41) is 4.28. The van der Waals surface area contributed by atoms with Crippen LogP contribution < -0.4 is 4.90 Å². The van der Waals surface area contributed by atoms with Gasteiger partial charge < -0.3 is 14.2 Å². The lowest BCUT2D eigenvalue weighted by atomic mass is 9.91. The highest BCUT2D eigenvalue weighted by Gasteiger charge is 2.43. The van der Waals surface area contributed by atoms with Gasteiger partial charge in [-0.2, -0.15) is 0 Å². The van der Waals surface area contributed by atoms with Crippen LogP contribution in [0, 0.1) is 12.8 Å². The summed E-state index contributed by atoms with van der Waals surface area (Å²) in [6, 6.07) is 9.89. The molecule has 0 radical (unpaired) electrons. The second-order valence-electron chi connectivity index (χ2n) is 6.90. The number of carbonyl (C=O) groups is 1. The van der Waals surface area contributed by atoms with Crippen LogP contribution in [0.5, 0.6) is 0 Å². The fraction of sp³-hybridized carbons (Fsp3) is 0.474. The number of aryl methyl sites for hydroxylation is 1. The van der Waals surface area contributed by atoms with Gasteiger partial charge in [-0.3, -0.25) is 4.79 Å². The molecule has 0 saturated heterocycles. The highest BCUT2D eigenvalue weighted by atomic mass is 16.5. The molecule has 4 rings (SSSR count). The predicted molar refractivity (Wildman–Crippen MR) is 89.8 cm³/mol. The average Bonchev–Trinajstić information content (AvgIpc) is 3.36.